The zero-order chi connectivity index (χ0) is 77.2. The van der Waals surface area contributed by atoms with E-state index in [0.717, 1.165) is 150 Å². The molecule has 0 spiro atoms. The molecule has 0 aliphatic heterocycles. The van der Waals surface area contributed by atoms with E-state index in [-0.39, 0.29) is 42.1 Å². The second-order valence-electron chi connectivity index (χ2n) is 29.1. The molecule has 2 aliphatic rings. The van der Waals surface area contributed by atoms with Gasteiger partial charge < -0.3 is 9.13 Å². The minimum absolute atomic E-state index is 0. The molecule has 0 unspecified atom stereocenters. The topological polar surface area (TPSA) is 55.4 Å². The number of aryl methyl sites for hydroxylation is 1. The fourth-order valence-electron chi connectivity index (χ4n) is 18.4. The summed E-state index contributed by atoms with van der Waals surface area (Å²) in [5, 5.41) is 4.51. The number of aromatic nitrogens is 8. The normalized spacial score (nSPS) is 13.2. The predicted molar refractivity (Wildman–Crippen MR) is 459 cm³/mol. The molecule has 0 saturated carbocycles. The van der Waals surface area contributed by atoms with Crippen LogP contribution in [-0.2, 0) is 59.9 Å². The number of hydrogen-bond donors (Lipinski definition) is 0. The van der Waals surface area contributed by atoms with Crippen molar-refractivity contribution in [1.29, 1.82) is 0 Å². The molecule has 115 heavy (non-hydrogen) atoms. The second kappa shape index (κ2) is 28.6. The minimum atomic E-state index is -2.36. The average Bonchev–Trinajstić information content (AvgIpc) is 1.53. The van der Waals surface area contributed by atoms with E-state index in [1.54, 1.807) is 6.33 Å². The molecule has 23 rings (SSSR count). The Balaban J connectivity index is 0.000000149. The summed E-state index contributed by atoms with van der Waals surface area (Å²) in [6, 6.07) is 146. The Morgan fingerprint density at radius 3 is 1.09 bits per heavy atom. The average molecular weight is 1830 g/mol. The van der Waals surface area contributed by atoms with Crippen molar-refractivity contribution >= 4 is 65.7 Å². The van der Waals surface area contributed by atoms with E-state index < -0.39 is 17.8 Å². The van der Waals surface area contributed by atoms with Gasteiger partial charge in [0.05, 0.1) is 0 Å². The van der Waals surface area contributed by atoms with E-state index in [4.69, 9.17) is 14.1 Å². The number of benzene rings is 15. The van der Waals surface area contributed by atoms with Crippen LogP contribution in [0.25, 0.3) is 139 Å². The molecule has 21 aromatic rings. The Labute approximate surface area is 698 Å². The number of para-hydroxylation sites is 7. The third kappa shape index (κ3) is 11.1. The number of imidazole rings is 2. The largest absolute Gasteiger partial charge is 0.319 e. The first-order valence-electron chi connectivity index (χ1n) is 39.7. The van der Waals surface area contributed by atoms with Gasteiger partial charge in [0.15, 0.2) is 34.7 Å². The van der Waals surface area contributed by atoms with Gasteiger partial charge in [-0.15, -0.1) is 51.2 Å². The van der Waals surface area contributed by atoms with E-state index in [2.05, 4.69) is 383 Å². The summed E-state index contributed by atoms with van der Waals surface area (Å²) < 4.78 is 37.3. The Kier molecular flexibility index (Phi) is 16.7. The Morgan fingerprint density at radius 1 is 0.287 bits per heavy atom. The van der Waals surface area contributed by atoms with Crippen molar-refractivity contribution in [3.05, 3.63) is 464 Å². The summed E-state index contributed by atoms with van der Waals surface area (Å²) >= 11 is 0. The third-order valence-corrected chi connectivity index (χ3v) is 23.2. The van der Waals surface area contributed by atoms with Crippen LogP contribution < -0.4 is 0 Å². The molecule has 2 aliphatic carbocycles. The Morgan fingerprint density at radius 2 is 0.643 bits per heavy atom. The molecular weight excluding hydrogens is 1760 g/mol. The third-order valence-electron chi connectivity index (χ3n) is 23.2. The van der Waals surface area contributed by atoms with Crippen LogP contribution in [0.3, 0.4) is 0 Å². The van der Waals surface area contributed by atoms with Crippen molar-refractivity contribution in [1.82, 2.24) is 37.4 Å². The van der Waals surface area contributed by atoms with Gasteiger partial charge in [-0.3, -0.25) is 0 Å². The summed E-state index contributed by atoms with van der Waals surface area (Å²) in [6.45, 7) is -2.36. The van der Waals surface area contributed by atoms with Gasteiger partial charge in [0.2, 0.25) is 0 Å². The number of hydrogen-bond acceptors (Lipinski definition) is 2. The Hall–Kier alpha value is -13.5. The van der Waals surface area contributed by atoms with Crippen LogP contribution in [0.15, 0.2) is 395 Å². The van der Waals surface area contributed by atoms with Crippen LogP contribution >= 0.6 is 0 Å². The van der Waals surface area contributed by atoms with Crippen LogP contribution in [0.2, 0.25) is 0 Å². The molecule has 0 N–H and O–H groups in total. The van der Waals surface area contributed by atoms with E-state index in [0.29, 0.717) is 5.52 Å². The zero-order valence-electron chi connectivity index (χ0n) is 64.7. The van der Waals surface area contributed by atoms with Gasteiger partial charge in [-0.1, -0.05) is 242 Å². The second-order valence-corrected chi connectivity index (χ2v) is 29.1. The smallest absolute Gasteiger partial charge is 0.188 e. The number of pyridine rings is 2. The van der Waals surface area contributed by atoms with E-state index >= 15 is 0 Å². The molecule has 0 saturated heterocycles. The van der Waals surface area contributed by atoms with Gasteiger partial charge in [-0.05, 0) is 138 Å². The summed E-state index contributed by atoms with van der Waals surface area (Å²) in [6.07, 6.45) is 7.66. The molecule has 10 heteroatoms. The fraction of sp³-hybridized carbons (Fsp3) is 0.0286. The van der Waals surface area contributed by atoms with Crippen molar-refractivity contribution in [2.75, 3.05) is 0 Å². The quantitative estimate of drug-likeness (QED) is 0.121. The maximum atomic E-state index is 8.32. The first-order chi connectivity index (χ1) is 57.2. The number of rotatable bonds is 11. The molecule has 0 fully saturated rings. The van der Waals surface area contributed by atoms with Gasteiger partial charge in [0.25, 0.3) is 0 Å². The van der Waals surface area contributed by atoms with Crippen molar-refractivity contribution in [3.63, 3.8) is 0 Å². The molecule has 8 nitrogen and oxygen atoms in total. The predicted octanol–water partition coefficient (Wildman–Crippen LogP) is 24.2. The molecule has 6 heterocycles. The van der Waals surface area contributed by atoms with Crippen molar-refractivity contribution in [3.8, 4) is 73.2 Å². The van der Waals surface area contributed by atoms with Gasteiger partial charge in [0.1, 0.15) is 17.3 Å². The van der Waals surface area contributed by atoms with E-state index in [9.17, 15) is 0 Å². The van der Waals surface area contributed by atoms with Gasteiger partial charge >= 0.3 is 0 Å². The van der Waals surface area contributed by atoms with Crippen LogP contribution in [-0.4, -0.2) is 37.4 Å². The first kappa shape index (κ1) is 67.2. The number of fused-ring (bicyclic) bond motifs is 14. The van der Waals surface area contributed by atoms with Crippen LogP contribution in [0.5, 0.6) is 0 Å². The van der Waals surface area contributed by atoms with E-state index in [1.807, 2.05) is 53.4 Å². The Bertz CT molecular complexity index is 7400. The first-order valence-corrected chi connectivity index (χ1v) is 38.2. The molecule has 550 valence electrons. The summed E-state index contributed by atoms with van der Waals surface area (Å²) in [7, 11) is 0. The zero-order valence-corrected chi connectivity index (χ0v) is 66.3. The van der Waals surface area contributed by atoms with Gasteiger partial charge in [-0.2, -0.15) is 65.2 Å². The molecule has 0 bridgehead atoms. The van der Waals surface area contributed by atoms with Crippen molar-refractivity contribution < 1.29 is 46.2 Å². The monoisotopic (exact) mass is 1830 g/mol. The SMILES string of the molecule is [2H]C([2H])([2H])n1[cH+]n(-c2[c-]c(C3(c4[c-]c5c(cc4)c4ccccc4n5-c4cc(-c5ccccc5)ccn4)c4ccccc4-c4ccccc43)ccc2)c2ccccc21.[Pt].[Pt].[c-]1c(-n2[cH+]n(-c3ccccc3)c3ccccc32)cccc1C1(c2[c-]c3c(cc2)c2ccccc2n3-c2cc(-c3ccccc3)ccn2)c2ccccc2-c2ccccc21. The summed E-state index contributed by atoms with van der Waals surface area (Å²) in [4.78, 5) is 9.97. The molecule has 6 aromatic heterocycles. The van der Waals surface area contributed by atoms with Gasteiger partial charge in [0, 0.05) is 123 Å². The molecule has 0 amide bonds. The molecule has 0 radical (unpaired) electrons. The van der Waals surface area contributed by atoms with Crippen LogP contribution in [0.1, 0.15) is 48.6 Å². The van der Waals surface area contributed by atoms with Crippen LogP contribution in [0.4, 0.5) is 0 Å². The van der Waals surface area contributed by atoms with Gasteiger partial charge in [-0.25, -0.2) is 23.7 Å². The van der Waals surface area contributed by atoms with E-state index in [1.165, 1.54) is 32.2 Å². The summed E-state index contributed by atoms with van der Waals surface area (Å²) in [5.41, 5.74) is 26.9. The maximum Gasteiger partial charge on any atom is 0.188 e. The molecular formula is C105H68N8Pt2-2. The fourth-order valence-corrected chi connectivity index (χ4v) is 18.4. The summed E-state index contributed by atoms with van der Waals surface area (Å²) in [5.74, 6) is 1.67. The maximum absolute atomic E-state index is 8.32. The standard InChI is InChI=1S/C55H35N4.C50H33N4.2Pt/c1-3-16-38(17-4-1)39-32-33-56-54(34-39)59-50-27-12-9-24-46(50)47-31-30-41(36-53(47)59)55(48-25-10-7-22-44(48)45-23-8-11-26-49(45)55)40-18-15-21-43(35-40)58-37-57(42-19-5-2-6-20-42)51-28-13-14-29-52(51)58;1-52-33-53(47-25-12-11-24-46(47)52)38-17-13-16-36(31-38)50(43-21-8-5-18-39(43)40-19-6-9-22-44(40)50)37-26-27-42-41-20-7-10-23-45(41)54(48(42)32-37)49-30-35(28-29-51-49)34-14-3-2-4-15-34;;/h1-34,37H;2-30,33H,1H3;;/q2*-1;;/i;1D3;;. The number of nitrogens with zero attached hydrogens (tertiary/aromatic N) is 8. The minimum Gasteiger partial charge on any atom is -0.319 e. The van der Waals surface area contributed by atoms with Crippen molar-refractivity contribution in [2.45, 2.75) is 10.8 Å². The molecule has 0 atom stereocenters. The van der Waals surface area contributed by atoms with Crippen LogP contribution in [0, 0.1) is 24.3 Å². The van der Waals surface area contributed by atoms with Crippen molar-refractivity contribution in [2.24, 2.45) is 6.98 Å². The molecule has 15 aromatic carbocycles.